The van der Waals surface area contributed by atoms with Crippen molar-refractivity contribution < 1.29 is 14.3 Å². The molecular formula is C20H31IN4O3. The number of nitrogens with one attached hydrogen (secondary N) is 2. The highest BCUT2D eigenvalue weighted by Crippen LogP contribution is 2.52. The van der Waals surface area contributed by atoms with Crippen LogP contribution in [0.15, 0.2) is 17.1 Å². The summed E-state index contributed by atoms with van der Waals surface area (Å²) in [5.41, 5.74) is 0. The van der Waals surface area contributed by atoms with Crippen molar-refractivity contribution in [3.8, 4) is 0 Å². The topological polar surface area (TPSA) is 83.0 Å². The first kappa shape index (κ1) is 21.5. The number of hydrogen-bond donors (Lipinski definition) is 2. The predicted molar refractivity (Wildman–Crippen MR) is 117 cm³/mol. The van der Waals surface area contributed by atoms with Crippen molar-refractivity contribution in [3.05, 3.63) is 12.2 Å². The van der Waals surface area contributed by atoms with E-state index >= 15 is 0 Å². The normalized spacial score (nSPS) is 33.4. The smallest absolute Gasteiger partial charge is 0.233 e. The van der Waals surface area contributed by atoms with Gasteiger partial charge in [0.25, 0.3) is 0 Å². The Labute approximate surface area is 183 Å². The van der Waals surface area contributed by atoms with Crippen molar-refractivity contribution in [2.45, 2.75) is 38.7 Å². The van der Waals surface area contributed by atoms with E-state index in [1.54, 1.807) is 0 Å². The Bertz CT molecular complexity index is 617. The molecule has 4 aliphatic rings. The minimum Gasteiger partial charge on any atom is -0.378 e. The predicted octanol–water partition coefficient (Wildman–Crippen LogP) is 1.54. The maximum atomic E-state index is 12.7. The maximum Gasteiger partial charge on any atom is 0.233 e. The fourth-order valence-corrected chi connectivity index (χ4v) is 5.00. The molecule has 5 atom stereocenters. The largest absolute Gasteiger partial charge is 0.378 e. The molecule has 2 aliphatic heterocycles. The van der Waals surface area contributed by atoms with Crippen LogP contribution < -0.4 is 10.6 Å². The Morgan fingerprint density at radius 1 is 1.21 bits per heavy atom. The second-order valence-electron chi connectivity index (χ2n) is 7.94. The van der Waals surface area contributed by atoms with E-state index in [4.69, 9.17) is 4.74 Å². The lowest BCUT2D eigenvalue weighted by Crippen LogP contribution is -2.43. The van der Waals surface area contributed by atoms with Gasteiger partial charge in [0.15, 0.2) is 5.96 Å². The van der Waals surface area contributed by atoms with Gasteiger partial charge in [0.1, 0.15) is 0 Å². The number of imide groups is 1. The number of hydrogen-bond acceptors (Lipinski definition) is 4. The van der Waals surface area contributed by atoms with E-state index in [-0.39, 0.29) is 59.5 Å². The van der Waals surface area contributed by atoms with Gasteiger partial charge in [-0.15, -0.1) is 24.0 Å². The SMILES string of the molecule is CCNC(=NCCC1CCCO1)NCCN1C(=O)C2C3C=CC(C3)C2C1=O.I. The lowest BCUT2D eigenvalue weighted by Gasteiger charge is -2.18. The molecule has 156 valence electrons. The molecule has 0 aromatic carbocycles. The van der Waals surface area contributed by atoms with Gasteiger partial charge in [0.2, 0.25) is 11.8 Å². The van der Waals surface area contributed by atoms with E-state index in [1.165, 1.54) is 4.90 Å². The number of ether oxygens (including phenoxy) is 1. The van der Waals surface area contributed by atoms with Crippen molar-refractivity contribution in [2.75, 3.05) is 32.8 Å². The van der Waals surface area contributed by atoms with Crippen LogP contribution in [0.5, 0.6) is 0 Å². The molecule has 8 heteroatoms. The molecule has 0 aromatic heterocycles. The van der Waals surface area contributed by atoms with Gasteiger partial charge in [-0.25, -0.2) is 0 Å². The molecule has 0 radical (unpaired) electrons. The molecule has 5 unspecified atom stereocenters. The van der Waals surface area contributed by atoms with Gasteiger partial charge in [0.05, 0.1) is 17.9 Å². The van der Waals surface area contributed by atoms with Gasteiger partial charge >= 0.3 is 0 Å². The maximum absolute atomic E-state index is 12.7. The number of rotatable bonds is 7. The first-order valence-electron chi connectivity index (χ1n) is 10.4. The summed E-state index contributed by atoms with van der Waals surface area (Å²) in [4.78, 5) is 31.4. The Hall–Kier alpha value is -1.16. The summed E-state index contributed by atoms with van der Waals surface area (Å²) in [6.07, 6.45) is 8.76. The third kappa shape index (κ3) is 4.22. The van der Waals surface area contributed by atoms with Crippen LogP contribution in [0.3, 0.4) is 0 Å². The number of allylic oxidation sites excluding steroid dienone is 2. The molecule has 2 bridgehead atoms. The summed E-state index contributed by atoms with van der Waals surface area (Å²) >= 11 is 0. The lowest BCUT2D eigenvalue weighted by atomic mass is 9.85. The van der Waals surface area contributed by atoms with Gasteiger partial charge in [0, 0.05) is 32.8 Å². The summed E-state index contributed by atoms with van der Waals surface area (Å²) in [7, 11) is 0. The molecule has 28 heavy (non-hydrogen) atoms. The zero-order chi connectivity index (χ0) is 18.8. The van der Waals surface area contributed by atoms with Gasteiger partial charge in [-0.3, -0.25) is 19.5 Å². The molecular weight excluding hydrogens is 471 g/mol. The number of amides is 2. The number of halogens is 1. The molecule has 0 aromatic rings. The average molecular weight is 502 g/mol. The number of guanidine groups is 1. The number of carbonyl (C=O) groups excluding carboxylic acids is 2. The molecule has 2 aliphatic carbocycles. The summed E-state index contributed by atoms with van der Waals surface area (Å²) in [5, 5.41) is 6.47. The highest BCUT2D eigenvalue weighted by Gasteiger charge is 2.58. The van der Waals surface area contributed by atoms with E-state index in [2.05, 4.69) is 27.8 Å². The zero-order valence-electron chi connectivity index (χ0n) is 16.4. The molecule has 1 saturated carbocycles. The van der Waals surface area contributed by atoms with Crippen molar-refractivity contribution >= 4 is 41.8 Å². The zero-order valence-corrected chi connectivity index (χ0v) is 18.8. The Balaban J connectivity index is 0.00000225. The van der Waals surface area contributed by atoms with Crippen LogP contribution in [-0.4, -0.2) is 61.6 Å². The van der Waals surface area contributed by atoms with Crippen LogP contribution in [0.4, 0.5) is 0 Å². The van der Waals surface area contributed by atoms with Crippen LogP contribution in [0.1, 0.15) is 32.6 Å². The minimum absolute atomic E-state index is 0. The Morgan fingerprint density at radius 2 is 1.93 bits per heavy atom. The second-order valence-corrected chi connectivity index (χ2v) is 7.94. The summed E-state index contributed by atoms with van der Waals surface area (Å²) < 4.78 is 5.63. The molecule has 2 heterocycles. The van der Waals surface area contributed by atoms with Gasteiger partial charge in [-0.05, 0) is 44.4 Å². The van der Waals surface area contributed by atoms with Gasteiger partial charge < -0.3 is 15.4 Å². The summed E-state index contributed by atoms with van der Waals surface area (Å²) in [6.45, 7) is 5.29. The highest BCUT2D eigenvalue weighted by molar-refractivity contribution is 14.0. The number of nitrogens with zero attached hydrogens (tertiary/aromatic N) is 2. The van der Waals surface area contributed by atoms with E-state index in [1.807, 2.05) is 6.92 Å². The molecule has 2 N–H and O–H groups in total. The first-order chi connectivity index (χ1) is 13.2. The average Bonchev–Trinajstić information content (AvgIpc) is 3.43. The summed E-state index contributed by atoms with van der Waals surface area (Å²) in [6, 6.07) is 0. The molecule has 0 spiro atoms. The highest BCUT2D eigenvalue weighted by atomic mass is 127. The molecule has 7 nitrogen and oxygen atoms in total. The lowest BCUT2D eigenvalue weighted by molar-refractivity contribution is -0.140. The number of fused-ring (bicyclic) bond motifs is 5. The third-order valence-electron chi connectivity index (χ3n) is 6.28. The fraction of sp³-hybridized carbons (Fsp3) is 0.750. The molecule has 4 rings (SSSR count). The Morgan fingerprint density at radius 3 is 2.54 bits per heavy atom. The van der Waals surface area contributed by atoms with E-state index in [0.717, 1.165) is 44.8 Å². The van der Waals surface area contributed by atoms with Crippen molar-refractivity contribution in [2.24, 2.45) is 28.7 Å². The van der Waals surface area contributed by atoms with Crippen LogP contribution in [-0.2, 0) is 14.3 Å². The number of aliphatic imine (C=N–C) groups is 1. The standard InChI is InChI=1S/C20H30N4O3.HI/c1-2-21-20(22-8-7-15-4-3-11-27-15)23-9-10-24-18(25)16-13-5-6-14(12-13)17(16)19(24)26;/h5-6,13-17H,2-4,7-12H2,1H3,(H2,21,22,23);1H. The minimum atomic E-state index is -0.110. The van der Waals surface area contributed by atoms with Crippen LogP contribution in [0, 0.1) is 23.7 Å². The van der Waals surface area contributed by atoms with Crippen LogP contribution in [0.25, 0.3) is 0 Å². The monoisotopic (exact) mass is 502 g/mol. The Kier molecular flexibility index (Phi) is 7.36. The van der Waals surface area contributed by atoms with Crippen LogP contribution in [0.2, 0.25) is 0 Å². The van der Waals surface area contributed by atoms with Crippen molar-refractivity contribution in [1.29, 1.82) is 0 Å². The van der Waals surface area contributed by atoms with Crippen molar-refractivity contribution in [1.82, 2.24) is 15.5 Å². The second kappa shape index (κ2) is 9.56. The first-order valence-corrected chi connectivity index (χ1v) is 10.4. The van der Waals surface area contributed by atoms with Crippen LogP contribution >= 0.6 is 24.0 Å². The molecule has 2 saturated heterocycles. The van der Waals surface area contributed by atoms with E-state index in [0.29, 0.717) is 25.7 Å². The molecule has 3 fully saturated rings. The van der Waals surface area contributed by atoms with E-state index < -0.39 is 0 Å². The van der Waals surface area contributed by atoms with E-state index in [9.17, 15) is 9.59 Å². The summed E-state index contributed by atoms with van der Waals surface area (Å²) in [5.74, 6) is 1.09. The number of likely N-dealkylation sites (tertiary alicyclic amines) is 1. The van der Waals surface area contributed by atoms with Gasteiger partial charge in [-0.1, -0.05) is 12.2 Å². The molecule has 2 amide bonds. The third-order valence-corrected chi connectivity index (χ3v) is 6.28. The van der Waals surface area contributed by atoms with Crippen molar-refractivity contribution in [3.63, 3.8) is 0 Å². The quantitative estimate of drug-likeness (QED) is 0.182. The fourth-order valence-electron chi connectivity index (χ4n) is 5.00. The van der Waals surface area contributed by atoms with Gasteiger partial charge in [-0.2, -0.15) is 0 Å². The number of carbonyl (C=O) groups is 2.